The number of anilines is 2. The SMILES string of the molecule is Cc1ncn(-c2cccc(Nc3nc4c(s3)-c3ccccc3CC4)c2)c1C. The molecule has 0 fully saturated rings. The summed E-state index contributed by atoms with van der Waals surface area (Å²) < 4.78 is 2.11. The summed E-state index contributed by atoms with van der Waals surface area (Å²) in [5.74, 6) is 0. The summed E-state index contributed by atoms with van der Waals surface area (Å²) in [6.45, 7) is 4.13. The number of fused-ring (bicyclic) bond motifs is 3. The highest BCUT2D eigenvalue weighted by molar-refractivity contribution is 7.19. The fourth-order valence-electron chi connectivity index (χ4n) is 3.61. The number of hydrogen-bond acceptors (Lipinski definition) is 4. The molecule has 0 amide bonds. The molecule has 4 nitrogen and oxygen atoms in total. The van der Waals surface area contributed by atoms with E-state index in [0.717, 1.165) is 40.7 Å². The second-order valence-corrected chi connectivity index (χ2v) is 7.91. The molecule has 0 bridgehead atoms. The minimum Gasteiger partial charge on any atom is -0.331 e. The van der Waals surface area contributed by atoms with Crippen LogP contribution < -0.4 is 5.32 Å². The first-order valence-corrected chi connectivity index (χ1v) is 9.97. The Kier molecular flexibility index (Phi) is 3.83. The zero-order valence-electron chi connectivity index (χ0n) is 15.4. The molecular weight excluding hydrogens is 352 g/mol. The van der Waals surface area contributed by atoms with Crippen molar-refractivity contribution in [3.63, 3.8) is 0 Å². The average Bonchev–Trinajstić information content (AvgIpc) is 3.25. The molecule has 2 aromatic carbocycles. The highest BCUT2D eigenvalue weighted by Gasteiger charge is 2.20. The molecule has 2 heterocycles. The van der Waals surface area contributed by atoms with Crippen LogP contribution in [0.5, 0.6) is 0 Å². The summed E-state index contributed by atoms with van der Waals surface area (Å²) >= 11 is 1.74. The van der Waals surface area contributed by atoms with Crippen molar-refractivity contribution in [1.82, 2.24) is 14.5 Å². The first-order chi connectivity index (χ1) is 13.2. The van der Waals surface area contributed by atoms with Crippen LogP contribution in [0.3, 0.4) is 0 Å². The van der Waals surface area contributed by atoms with Gasteiger partial charge in [0.2, 0.25) is 0 Å². The van der Waals surface area contributed by atoms with E-state index in [-0.39, 0.29) is 0 Å². The van der Waals surface area contributed by atoms with Gasteiger partial charge >= 0.3 is 0 Å². The van der Waals surface area contributed by atoms with Crippen molar-refractivity contribution in [2.24, 2.45) is 0 Å². The van der Waals surface area contributed by atoms with Crippen molar-refractivity contribution < 1.29 is 0 Å². The van der Waals surface area contributed by atoms with Gasteiger partial charge in [0.15, 0.2) is 5.13 Å². The van der Waals surface area contributed by atoms with Crippen LogP contribution in [0.15, 0.2) is 54.9 Å². The molecule has 0 saturated carbocycles. The fourth-order valence-corrected chi connectivity index (χ4v) is 4.71. The minimum absolute atomic E-state index is 0.951. The highest BCUT2D eigenvalue weighted by atomic mass is 32.1. The first kappa shape index (κ1) is 16.3. The molecule has 27 heavy (non-hydrogen) atoms. The van der Waals surface area contributed by atoms with Crippen molar-refractivity contribution in [3.05, 3.63) is 77.5 Å². The van der Waals surface area contributed by atoms with Gasteiger partial charge in [0.25, 0.3) is 0 Å². The average molecular weight is 372 g/mol. The number of aryl methyl sites for hydroxylation is 3. The molecule has 0 saturated heterocycles. The molecule has 0 spiro atoms. The van der Waals surface area contributed by atoms with E-state index in [9.17, 15) is 0 Å². The molecule has 2 aromatic heterocycles. The zero-order valence-corrected chi connectivity index (χ0v) is 16.2. The van der Waals surface area contributed by atoms with Gasteiger partial charge in [-0.05, 0) is 56.0 Å². The van der Waals surface area contributed by atoms with Gasteiger partial charge in [-0.1, -0.05) is 41.7 Å². The van der Waals surface area contributed by atoms with Crippen LogP contribution in [0.1, 0.15) is 22.6 Å². The maximum absolute atomic E-state index is 4.86. The lowest BCUT2D eigenvalue weighted by atomic mass is 9.94. The molecule has 5 heteroatoms. The van der Waals surface area contributed by atoms with Gasteiger partial charge in [-0.2, -0.15) is 0 Å². The van der Waals surface area contributed by atoms with Gasteiger partial charge < -0.3 is 9.88 Å². The van der Waals surface area contributed by atoms with Crippen LogP contribution in [0.2, 0.25) is 0 Å². The Morgan fingerprint density at radius 3 is 2.78 bits per heavy atom. The van der Waals surface area contributed by atoms with Crippen LogP contribution in [0.25, 0.3) is 16.1 Å². The van der Waals surface area contributed by atoms with Crippen molar-refractivity contribution in [2.45, 2.75) is 26.7 Å². The Labute approximate surface area is 162 Å². The first-order valence-electron chi connectivity index (χ1n) is 9.15. The molecule has 0 atom stereocenters. The van der Waals surface area contributed by atoms with E-state index in [1.54, 1.807) is 11.3 Å². The number of nitrogens with one attached hydrogen (secondary N) is 1. The molecule has 1 aliphatic carbocycles. The lowest BCUT2D eigenvalue weighted by Crippen LogP contribution is -2.02. The summed E-state index contributed by atoms with van der Waals surface area (Å²) in [5.41, 5.74) is 8.32. The highest BCUT2D eigenvalue weighted by Crippen LogP contribution is 2.40. The standard InChI is InChI=1S/C22H20N4S/c1-14-15(2)26(13-23-14)18-8-5-7-17(12-18)24-22-25-20-11-10-16-6-3-4-9-19(16)21(20)27-22/h3-9,12-13H,10-11H2,1-2H3,(H,24,25). The van der Waals surface area contributed by atoms with E-state index in [4.69, 9.17) is 4.98 Å². The number of aromatic nitrogens is 3. The minimum atomic E-state index is 0.951. The van der Waals surface area contributed by atoms with Gasteiger partial charge in [-0.15, -0.1) is 0 Å². The molecule has 0 radical (unpaired) electrons. The Balaban J connectivity index is 1.47. The van der Waals surface area contributed by atoms with E-state index in [1.165, 1.54) is 21.7 Å². The van der Waals surface area contributed by atoms with Gasteiger partial charge in [0.05, 0.1) is 22.6 Å². The number of nitrogens with zero attached hydrogens (tertiary/aromatic N) is 3. The van der Waals surface area contributed by atoms with Crippen molar-refractivity contribution in [2.75, 3.05) is 5.32 Å². The molecule has 4 aromatic rings. The number of imidazole rings is 1. The molecular formula is C22H20N4S. The van der Waals surface area contributed by atoms with Crippen LogP contribution in [0, 0.1) is 13.8 Å². The Morgan fingerprint density at radius 1 is 1.04 bits per heavy atom. The maximum Gasteiger partial charge on any atom is 0.187 e. The summed E-state index contributed by atoms with van der Waals surface area (Å²) in [7, 11) is 0. The normalized spacial score (nSPS) is 12.5. The lowest BCUT2D eigenvalue weighted by Gasteiger charge is -2.13. The van der Waals surface area contributed by atoms with Crippen LogP contribution in [0.4, 0.5) is 10.8 Å². The predicted molar refractivity (Wildman–Crippen MR) is 111 cm³/mol. The largest absolute Gasteiger partial charge is 0.331 e. The van der Waals surface area contributed by atoms with E-state index in [1.807, 2.05) is 13.3 Å². The summed E-state index contributed by atoms with van der Waals surface area (Å²) in [4.78, 5) is 10.6. The number of thiazole rings is 1. The molecule has 0 aliphatic heterocycles. The van der Waals surface area contributed by atoms with Crippen molar-refractivity contribution in [1.29, 1.82) is 0 Å². The Bertz CT molecular complexity index is 1140. The van der Waals surface area contributed by atoms with Crippen molar-refractivity contribution >= 4 is 22.2 Å². The number of benzene rings is 2. The van der Waals surface area contributed by atoms with E-state index in [0.29, 0.717) is 0 Å². The topological polar surface area (TPSA) is 42.7 Å². The van der Waals surface area contributed by atoms with Gasteiger partial charge in [-0.3, -0.25) is 0 Å². The van der Waals surface area contributed by atoms with E-state index in [2.05, 4.69) is 70.3 Å². The van der Waals surface area contributed by atoms with Crippen LogP contribution in [-0.4, -0.2) is 14.5 Å². The quantitative estimate of drug-likeness (QED) is 0.520. The third kappa shape index (κ3) is 2.84. The van der Waals surface area contributed by atoms with Gasteiger partial charge in [0.1, 0.15) is 0 Å². The maximum atomic E-state index is 4.86. The van der Waals surface area contributed by atoms with Crippen LogP contribution >= 0.6 is 11.3 Å². The Hall–Kier alpha value is -2.92. The lowest BCUT2D eigenvalue weighted by molar-refractivity contribution is 0.911. The zero-order chi connectivity index (χ0) is 18.4. The van der Waals surface area contributed by atoms with Crippen LogP contribution in [-0.2, 0) is 12.8 Å². The molecule has 0 unspecified atom stereocenters. The van der Waals surface area contributed by atoms with Crippen molar-refractivity contribution in [3.8, 4) is 16.1 Å². The molecule has 1 aliphatic rings. The van der Waals surface area contributed by atoms with E-state index < -0.39 is 0 Å². The van der Waals surface area contributed by atoms with Gasteiger partial charge in [-0.25, -0.2) is 9.97 Å². The summed E-state index contributed by atoms with van der Waals surface area (Å²) in [6.07, 6.45) is 3.96. The molecule has 1 N–H and O–H groups in total. The second kappa shape index (κ2) is 6.35. The second-order valence-electron chi connectivity index (χ2n) is 6.91. The van der Waals surface area contributed by atoms with Gasteiger partial charge in [0, 0.05) is 17.1 Å². The summed E-state index contributed by atoms with van der Waals surface area (Å²) in [6, 6.07) is 17.1. The predicted octanol–water partition coefficient (Wildman–Crippen LogP) is 5.45. The molecule has 5 rings (SSSR count). The number of rotatable bonds is 3. The number of hydrogen-bond donors (Lipinski definition) is 1. The smallest absolute Gasteiger partial charge is 0.187 e. The summed E-state index contributed by atoms with van der Waals surface area (Å²) in [5, 5.41) is 4.45. The third-order valence-corrected chi connectivity index (χ3v) is 6.26. The third-order valence-electron chi connectivity index (χ3n) is 5.22. The Morgan fingerprint density at radius 2 is 1.93 bits per heavy atom. The molecule has 134 valence electrons. The monoisotopic (exact) mass is 372 g/mol. The van der Waals surface area contributed by atoms with E-state index >= 15 is 0 Å². The fraction of sp³-hybridized carbons (Fsp3) is 0.182.